The number of carbonyl (C=O) groups is 2. The molecule has 3 N–H and O–H groups in total. The number of aryl methyl sites for hydroxylation is 1. The molecule has 0 radical (unpaired) electrons. The van der Waals surface area contributed by atoms with E-state index in [2.05, 4.69) is 20.3 Å². The van der Waals surface area contributed by atoms with E-state index in [4.69, 9.17) is 5.73 Å². The van der Waals surface area contributed by atoms with Crippen LogP contribution in [0.4, 0.5) is 5.13 Å². The Morgan fingerprint density at radius 1 is 1.30 bits per heavy atom. The monoisotopic (exact) mass is 362 g/mol. The van der Waals surface area contributed by atoms with Gasteiger partial charge in [0.05, 0.1) is 12.6 Å². The van der Waals surface area contributed by atoms with Crippen LogP contribution in [0.1, 0.15) is 50.0 Å². The highest BCUT2D eigenvalue weighted by molar-refractivity contribution is 7.15. The van der Waals surface area contributed by atoms with Gasteiger partial charge in [-0.2, -0.15) is 0 Å². The maximum Gasteiger partial charge on any atom is 0.305 e. The first-order chi connectivity index (χ1) is 10.5. The number of anilines is 1. The molecule has 1 aromatic rings. The minimum atomic E-state index is -0.783. The summed E-state index contributed by atoms with van der Waals surface area (Å²) >= 11 is 1.32. The second-order valence-corrected chi connectivity index (χ2v) is 6.66. The lowest BCUT2D eigenvalue weighted by atomic mass is 9.82. The van der Waals surface area contributed by atoms with E-state index in [1.54, 1.807) is 0 Å². The van der Waals surface area contributed by atoms with Gasteiger partial charge in [0, 0.05) is 12.8 Å². The first kappa shape index (κ1) is 19.8. The van der Waals surface area contributed by atoms with E-state index in [0.29, 0.717) is 37.2 Å². The molecular weight excluding hydrogens is 340 g/mol. The Morgan fingerprint density at radius 3 is 2.65 bits per heavy atom. The van der Waals surface area contributed by atoms with Gasteiger partial charge in [-0.3, -0.25) is 14.9 Å². The van der Waals surface area contributed by atoms with Crippen molar-refractivity contribution in [3.05, 3.63) is 5.01 Å². The molecule has 1 aliphatic rings. The highest BCUT2D eigenvalue weighted by atomic mass is 35.5. The van der Waals surface area contributed by atoms with Crippen molar-refractivity contribution >= 4 is 40.8 Å². The van der Waals surface area contributed by atoms with Crippen LogP contribution in [0.15, 0.2) is 0 Å². The molecule has 1 aliphatic carbocycles. The SMILES string of the molecule is COC(=O)CCCc1nnc(NC(=O)C2(N)CCCCC2)s1.Cl. The molecule has 0 spiro atoms. The third-order valence-electron chi connectivity index (χ3n) is 3.88. The normalized spacial score (nSPS) is 16.3. The number of nitrogens with one attached hydrogen (secondary N) is 1. The highest BCUT2D eigenvalue weighted by Crippen LogP contribution is 2.27. The van der Waals surface area contributed by atoms with E-state index in [0.717, 1.165) is 24.3 Å². The Labute approximate surface area is 145 Å². The molecule has 23 heavy (non-hydrogen) atoms. The van der Waals surface area contributed by atoms with Gasteiger partial charge in [-0.15, -0.1) is 22.6 Å². The quantitative estimate of drug-likeness (QED) is 0.750. The zero-order valence-electron chi connectivity index (χ0n) is 13.2. The lowest BCUT2D eigenvalue weighted by Crippen LogP contribution is -2.52. The number of carbonyl (C=O) groups excluding carboxylic acids is 2. The van der Waals surface area contributed by atoms with Gasteiger partial charge in [0.1, 0.15) is 5.01 Å². The maximum atomic E-state index is 12.3. The highest BCUT2D eigenvalue weighted by Gasteiger charge is 2.35. The third kappa shape index (κ3) is 5.71. The Kier molecular flexibility index (Phi) is 7.87. The van der Waals surface area contributed by atoms with Gasteiger partial charge in [0.25, 0.3) is 0 Å². The molecule has 0 aromatic carbocycles. The van der Waals surface area contributed by atoms with Gasteiger partial charge >= 0.3 is 5.97 Å². The average molecular weight is 363 g/mol. The van der Waals surface area contributed by atoms with Crippen LogP contribution in [0.5, 0.6) is 0 Å². The van der Waals surface area contributed by atoms with E-state index >= 15 is 0 Å². The maximum absolute atomic E-state index is 12.3. The van der Waals surface area contributed by atoms with E-state index in [1.165, 1.54) is 18.4 Å². The molecule has 0 bridgehead atoms. The number of esters is 1. The number of aromatic nitrogens is 2. The lowest BCUT2D eigenvalue weighted by molar-refractivity contribution is -0.140. The average Bonchev–Trinajstić information content (AvgIpc) is 2.95. The minimum Gasteiger partial charge on any atom is -0.469 e. The summed E-state index contributed by atoms with van der Waals surface area (Å²) in [7, 11) is 1.37. The molecule has 1 heterocycles. The number of nitrogens with two attached hydrogens (primary N) is 1. The number of amides is 1. The summed E-state index contributed by atoms with van der Waals surface area (Å²) in [4.78, 5) is 23.3. The molecule has 130 valence electrons. The third-order valence-corrected chi connectivity index (χ3v) is 4.78. The van der Waals surface area contributed by atoms with Crippen LogP contribution in [0.25, 0.3) is 0 Å². The van der Waals surface area contributed by atoms with Crippen molar-refractivity contribution in [3.63, 3.8) is 0 Å². The number of rotatable bonds is 6. The standard InChI is InChI=1S/C14H22N4O3S.ClH/c1-21-11(19)7-5-6-10-17-18-13(22-10)16-12(20)14(15)8-3-2-4-9-14;/h2-9,15H2,1H3,(H,16,18,20);1H. The summed E-state index contributed by atoms with van der Waals surface area (Å²) in [6, 6.07) is 0. The lowest BCUT2D eigenvalue weighted by Gasteiger charge is -2.31. The predicted molar refractivity (Wildman–Crippen MR) is 90.7 cm³/mol. The molecule has 0 unspecified atom stereocenters. The van der Waals surface area contributed by atoms with Gasteiger partial charge in [0.2, 0.25) is 11.0 Å². The number of halogens is 1. The van der Waals surface area contributed by atoms with Gasteiger partial charge in [-0.25, -0.2) is 0 Å². The van der Waals surface area contributed by atoms with Crippen LogP contribution in [0.3, 0.4) is 0 Å². The van der Waals surface area contributed by atoms with Crippen LogP contribution < -0.4 is 11.1 Å². The summed E-state index contributed by atoms with van der Waals surface area (Å²) < 4.78 is 4.58. The predicted octanol–water partition coefficient (Wildman–Crippen LogP) is 2.06. The summed E-state index contributed by atoms with van der Waals surface area (Å²) in [5, 5.41) is 12.0. The Balaban J connectivity index is 0.00000264. The molecule has 1 aromatic heterocycles. The fourth-order valence-electron chi connectivity index (χ4n) is 2.52. The number of methoxy groups -OCH3 is 1. The van der Waals surface area contributed by atoms with E-state index < -0.39 is 5.54 Å². The molecule has 0 atom stereocenters. The van der Waals surface area contributed by atoms with Crippen molar-refractivity contribution in [1.82, 2.24) is 10.2 Å². The molecule has 9 heteroatoms. The Morgan fingerprint density at radius 2 is 2.00 bits per heavy atom. The minimum absolute atomic E-state index is 0. The fourth-order valence-corrected chi connectivity index (χ4v) is 3.30. The van der Waals surface area contributed by atoms with Crippen molar-refractivity contribution in [2.45, 2.75) is 56.9 Å². The van der Waals surface area contributed by atoms with Gasteiger partial charge in [0.15, 0.2) is 0 Å². The van der Waals surface area contributed by atoms with Crippen LogP contribution >= 0.6 is 23.7 Å². The number of nitrogens with zero attached hydrogens (tertiary/aromatic N) is 2. The second-order valence-electron chi connectivity index (χ2n) is 5.60. The first-order valence-corrected chi connectivity index (χ1v) is 8.35. The van der Waals surface area contributed by atoms with Crippen molar-refractivity contribution in [2.75, 3.05) is 12.4 Å². The second kappa shape index (κ2) is 9.14. The van der Waals surface area contributed by atoms with Crippen LogP contribution in [0, 0.1) is 0 Å². The largest absolute Gasteiger partial charge is 0.469 e. The molecular formula is C14H23ClN4O3S. The van der Waals surface area contributed by atoms with Crippen LogP contribution in [-0.2, 0) is 20.7 Å². The van der Waals surface area contributed by atoms with Crippen LogP contribution in [0.2, 0.25) is 0 Å². The van der Waals surface area contributed by atoms with E-state index in [9.17, 15) is 9.59 Å². The summed E-state index contributed by atoms with van der Waals surface area (Å²) in [6.07, 6.45) is 6.16. The zero-order valence-corrected chi connectivity index (χ0v) is 14.8. The topological polar surface area (TPSA) is 107 Å². The zero-order chi connectivity index (χ0) is 16.0. The smallest absolute Gasteiger partial charge is 0.305 e. The van der Waals surface area contributed by atoms with Gasteiger partial charge in [-0.1, -0.05) is 30.6 Å². The van der Waals surface area contributed by atoms with E-state index in [-0.39, 0.29) is 24.3 Å². The van der Waals surface area contributed by atoms with Crippen LogP contribution in [-0.4, -0.2) is 34.7 Å². The Hall–Kier alpha value is -1.25. The Bertz CT molecular complexity index is 532. The van der Waals surface area contributed by atoms with Crippen molar-refractivity contribution in [2.24, 2.45) is 5.73 Å². The number of ether oxygens (including phenoxy) is 1. The molecule has 2 rings (SSSR count). The fraction of sp³-hybridized carbons (Fsp3) is 0.714. The molecule has 0 aliphatic heterocycles. The first-order valence-electron chi connectivity index (χ1n) is 7.53. The van der Waals surface area contributed by atoms with Crippen molar-refractivity contribution in [3.8, 4) is 0 Å². The summed E-state index contributed by atoms with van der Waals surface area (Å²) in [5.74, 6) is -0.412. The molecule has 1 amide bonds. The molecule has 7 nitrogen and oxygen atoms in total. The van der Waals surface area contributed by atoms with Crippen molar-refractivity contribution < 1.29 is 14.3 Å². The molecule has 0 saturated heterocycles. The molecule has 1 fully saturated rings. The molecule has 1 saturated carbocycles. The number of hydrogen-bond acceptors (Lipinski definition) is 7. The van der Waals surface area contributed by atoms with Gasteiger partial charge in [-0.05, 0) is 19.3 Å². The van der Waals surface area contributed by atoms with Crippen molar-refractivity contribution in [1.29, 1.82) is 0 Å². The van der Waals surface area contributed by atoms with Gasteiger partial charge < -0.3 is 10.5 Å². The summed E-state index contributed by atoms with van der Waals surface area (Å²) in [6.45, 7) is 0. The summed E-state index contributed by atoms with van der Waals surface area (Å²) in [5.41, 5.74) is 5.40. The number of hydrogen-bond donors (Lipinski definition) is 2. The van der Waals surface area contributed by atoms with E-state index in [1.807, 2.05) is 0 Å².